The Morgan fingerprint density at radius 1 is 1.19 bits per heavy atom. The molecule has 0 bridgehead atoms. The number of nitrogens with zero attached hydrogens (tertiary/aromatic N) is 5. The van der Waals surface area contributed by atoms with Crippen LogP contribution >= 0.6 is 0 Å². The van der Waals surface area contributed by atoms with Crippen LogP contribution < -0.4 is 11.1 Å². The molecular weight excluding hydrogens is 409 g/mol. The lowest BCUT2D eigenvalue weighted by Gasteiger charge is -2.18. The second-order valence-electron chi connectivity index (χ2n) is 7.88. The van der Waals surface area contributed by atoms with Gasteiger partial charge in [-0.3, -0.25) is 14.1 Å². The Bertz CT molecular complexity index is 1300. The number of anilines is 2. The summed E-state index contributed by atoms with van der Waals surface area (Å²) in [5.74, 6) is 0.651. The van der Waals surface area contributed by atoms with Crippen molar-refractivity contribution in [3.05, 3.63) is 72.2 Å². The maximum atomic E-state index is 13.3. The Hall–Kier alpha value is -3.85. The molecule has 9 heteroatoms. The zero-order chi connectivity index (χ0) is 22.2. The fraction of sp³-hybridized carbons (Fsp3) is 0.217. The Balaban J connectivity index is 1.49. The number of rotatable bonds is 4. The van der Waals surface area contributed by atoms with Gasteiger partial charge < -0.3 is 11.1 Å². The number of amides is 1. The summed E-state index contributed by atoms with van der Waals surface area (Å²) >= 11 is 0. The summed E-state index contributed by atoms with van der Waals surface area (Å²) in [6.45, 7) is 1.03. The van der Waals surface area contributed by atoms with Crippen LogP contribution in [-0.2, 0) is 0 Å². The van der Waals surface area contributed by atoms with Crippen molar-refractivity contribution in [2.75, 3.05) is 24.6 Å². The van der Waals surface area contributed by atoms with Gasteiger partial charge in [0.2, 0.25) is 0 Å². The normalized spacial score (nSPS) is 16.5. The van der Waals surface area contributed by atoms with Gasteiger partial charge in [-0.15, -0.1) is 0 Å². The van der Waals surface area contributed by atoms with E-state index >= 15 is 0 Å². The van der Waals surface area contributed by atoms with Crippen molar-refractivity contribution in [2.24, 2.45) is 0 Å². The molecule has 0 radical (unpaired) electrons. The minimum Gasteiger partial charge on any atom is -0.382 e. The zero-order valence-corrected chi connectivity index (χ0v) is 17.5. The van der Waals surface area contributed by atoms with E-state index in [4.69, 9.17) is 10.7 Å². The molecule has 1 amide bonds. The zero-order valence-electron chi connectivity index (χ0n) is 17.5. The Morgan fingerprint density at radius 2 is 2.00 bits per heavy atom. The summed E-state index contributed by atoms with van der Waals surface area (Å²) in [7, 11) is 2.10. The lowest BCUT2D eigenvalue weighted by molar-refractivity contribution is 0.102. The van der Waals surface area contributed by atoms with Crippen LogP contribution in [0, 0.1) is 5.82 Å². The summed E-state index contributed by atoms with van der Waals surface area (Å²) in [4.78, 5) is 28.0. The average molecular weight is 431 g/mol. The van der Waals surface area contributed by atoms with E-state index < -0.39 is 5.82 Å². The average Bonchev–Trinajstić information content (AvgIpc) is 3.38. The predicted octanol–water partition coefficient (Wildman–Crippen LogP) is 3.53. The third-order valence-electron chi connectivity index (χ3n) is 5.81. The lowest BCUT2D eigenvalue weighted by atomic mass is 10.1. The number of likely N-dealkylation sites (tertiary alicyclic amines) is 1. The molecule has 32 heavy (non-hydrogen) atoms. The van der Waals surface area contributed by atoms with E-state index in [1.54, 1.807) is 18.3 Å². The highest BCUT2D eigenvalue weighted by molar-refractivity contribution is 6.04. The van der Waals surface area contributed by atoms with Crippen LogP contribution in [0.2, 0.25) is 0 Å². The second kappa shape index (κ2) is 8.01. The van der Waals surface area contributed by atoms with Crippen molar-refractivity contribution in [1.82, 2.24) is 24.3 Å². The third-order valence-corrected chi connectivity index (χ3v) is 5.81. The summed E-state index contributed by atoms with van der Waals surface area (Å²) in [6.07, 6.45) is 7.02. The summed E-state index contributed by atoms with van der Waals surface area (Å²) < 4.78 is 15.4. The maximum Gasteiger partial charge on any atom is 0.256 e. The standard InChI is InChI=1S/C23H22FN7O/c1-30-11-2-3-17(30)22-29-19(20-21(25)27-10-12-31(20)22)14-4-6-15(7-5-14)23(32)28-18-13-16(24)8-9-26-18/h4-10,12-13,17H,2-3,11H2,1H3,(H2,25,27)(H,26,28,32). The van der Waals surface area contributed by atoms with Gasteiger partial charge in [0.25, 0.3) is 5.91 Å². The van der Waals surface area contributed by atoms with E-state index in [-0.39, 0.29) is 17.8 Å². The van der Waals surface area contributed by atoms with E-state index in [1.807, 2.05) is 22.7 Å². The number of nitrogen functional groups attached to an aromatic ring is 1. The molecule has 1 aliphatic heterocycles. The molecule has 5 rings (SSSR count). The maximum absolute atomic E-state index is 13.3. The Labute approximate surface area is 183 Å². The number of nitrogens with two attached hydrogens (primary N) is 1. The Morgan fingerprint density at radius 3 is 2.72 bits per heavy atom. The van der Waals surface area contributed by atoms with Gasteiger partial charge in [0.15, 0.2) is 0 Å². The quantitative estimate of drug-likeness (QED) is 0.513. The molecule has 1 atom stereocenters. The molecule has 0 spiro atoms. The first kappa shape index (κ1) is 20.1. The lowest BCUT2D eigenvalue weighted by Crippen LogP contribution is -2.19. The van der Waals surface area contributed by atoms with Gasteiger partial charge in [0.05, 0.1) is 6.04 Å². The minimum atomic E-state index is -0.466. The monoisotopic (exact) mass is 431 g/mol. The van der Waals surface area contributed by atoms with Gasteiger partial charge in [-0.1, -0.05) is 12.1 Å². The van der Waals surface area contributed by atoms with Gasteiger partial charge in [-0.2, -0.15) is 0 Å². The topological polar surface area (TPSA) is 101 Å². The van der Waals surface area contributed by atoms with E-state index in [0.29, 0.717) is 11.4 Å². The fourth-order valence-electron chi connectivity index (χ4n) is 4.20. The second-order valence-corrected chi connectivity index (χ2v) is 7.88. The number of carbonyl (C=O) groups excluding carboxylic acids is 1. The molecule has 3 aromatic heterocycles. The van der Waals surface area contributed by atoms with Gasteiger partial charge in [0, 0.05) is 35.8 Å². The van der Waals surface area contributed by atoms with Crippen LogP contribution in [-0.4, -0.2) is 43.8 Å². The molecule has 1 aliphatic rings. The highest BCUT2D eigenvalue weighted by Gasteiger charge is 2.28. The molecular formula is C23H22FN7O. The van der Waals surface area contributed by atoms with Gasteiger partial charge >= 0.3 is 0 Å². The van der Waals surface area contributed by atoms with Crippen molar-refractivity contribution < 1.29 is 9.18 Å². The third kappa shape index (κ3) is 3.56. The minimum absolute atomic E-state index is 0.156. The van der Waals surface area contributed by atoms with Crippen LogP contribution in [0.3, 0.4) is 0 Å². The number of pyridine rings is 1. The van der Waals surface area contributed by atoms with Crippen LogP contribution in [0.5, 0.6) is 0 Å². The highest BCUT2D eigenvalue weighted by atomic mass is 19.1. The number of benzene rings is 1. The molecule has 1 aromatic carbocycles. The number of aromatic nitrogens is 4. The summed E-state index contributed by atoms with van der Waals surface area (Å²) in [5.41, 5.74) is 8.96. The van der Waals surface area contributed by atoms with Crippen molar-refractivity contribution in [3.63, 3.8) is 0 Å². The number of imidazole rings is 1. The van der Waals surface area contributed by atoms with E-state index in [9.17, 15) is 9.18 Å². The predicted molar refractivity (Wildman–Crippen MR) is 120 cm³/mol. The molecule has 1 saturated heterocycles. The first-order valence-electron chi connectivity index (χ1n) is 10.4. The molecule has 162 valence electrons. The fourth-order valence-corrected chi connectivity index (χ4v) is 4.20. The molecule has 4 aromatic rings. The van der Waals surface area contributed by atoms with Crippen LogP contribution in [0.15, 0.2) is 55.0 Å². The van der Waals surface area contributed by atoms with Gasteiger partial charge in [0.1, 0.15) is 34.5 Å². The van der Waals surface area contributed by atoms with Crippen molar-refractivity contribution >= 4 is 23.1 Å². The molecule has 3 N–H and O–H groups in total. The number of halogens is 1. The van der Waals surface area contributed by atoms with Crippen LogP contribution in [0.1, 0.15) is 35.1 Å². The summed E-state index contributed by atoms with van der Waals surface area (Å²) in [6, 6.07) is 9.64. The number of nitrogens with one attached hydrogen (secondary N) is 1. The van der Waals surface area contributed by atoms with Crippen LogP contribution in [0.25, 0.3) is 16.8 Å². The highest BCUT2D eigenvalue weighted by Crippen LogP contribution is 2.35. The molecule has 4 heterocycles. The Kier molecular flexibility index (Phi) is 5.02. The molecule has 0 saturated carbocycles. The largest absolute Gasteiger partial charge is 0.382 e. The van der Waals surface area contributed by atoms with E-state index in [0.717, 1.165) is 42.0 Å². The molecule has 0 aliphatic carbocycles. The van der Waals surface area contributed by atoms with Crippen molar-refractivity contribution in [3.8, 4) is 11.3 Å². The number of carbonyl (C=O) groups is 1. The van der Waals surface area contributed by atoms with E-state index in [2.05, 4.69) is 27.2 Å². The van der Waals surface area contributed by atoms with Crippen LogP contribution in [0.4, 0.5) is 16.0 Å². The molecule has 1 fully saturated rings. The van der Waals surface area contributed by atoms with Crippen molar-refractivity contribution in [1.29, 1.82) is 0 Å². The molecule has 1 unspecified atom stereocenters. The first-order valence-corrected chi connectivity index (χ1v) is 10.4. The number of hydrogen-bond acceptors (Lipinski definition) is 6. The van der Waals surface area contributed by atoms with Crippen molar-refractivity contribution in [2.45, 2.75) is 18.9 Å². The summed E-state index contributed by atoms with van der Waals surface area (Å²) in [5, 5.41) is 2.60. The number of hydrogen-bond donors (Lipinski definition) is 2. The smallest absolute Gasteiger partial charge is 0.256 e. The van der Waals surface area contributed by atoms with E-state index in [1.165, 1.54) is 18.3 Å². The van der Waals surface area contributed by atoms with Gasteiger partial charge in [-0.25, -0.2) is 19.3 Å². The SMILES string of the molecule is CN1CCCC1c1nc(-c2ccc(C(=O)Nc3cc(F)ccn3)cc2)c2c(N)nccn12. The first-order chi connectivity index (χ1) is 15.5. The molecule has 8 nitrogen and oxygen atoms in total. The number of fused-ring (bicyclic) bond motifs is 1. The van der Waals surface area contributed by atoms with Gasteiger partial charge in [-0.05, 0) is 44.6 Å².